The normalized spacial score (nSPS) is 11.4. The third-order valence-corrected chi connectivity index (χ3v) is 5.39. The van der Waals surface area contributed by atoms with Gasteiger partial charge in [-0.3, -0.25) is 4.79 Å². The molecule has 0 aromatic heterocycles. The van der Waals surface area contributed by atoms with Crippen LogP contribution in [0.25, 0.3) is 0 Å². The molecule has 0 saturated carbocycles. The number of ketones is 1. The first-order valence-electron chi connectivity index (χ1n) is 6.60. The average Bonchev–Trinajstić information content (AvgIpc) is 2.38. The predicted molar refractivity (Wildman–Crippen MR) is 84.0 cm³/mol. The average molecular weight is 268 g/mol. The highest BCUT2D eigenvalue weighted by molar-refractivity contribution is 6.88. The molecular formula is C17H20OSi. The standard InChI is InChI=1S/C17H20OSi/c1-13-5-7-14(8-6-13)17(18)15-9-11-16(12-10-15)19(2,3)4/h5-12H,1-4H3. The second-order valence-corrected chi connectivity index (χ2v) is 11.1. The smallest absolute Gasteiger partial charge is 0.193 e. The molecule has 0 aliphatic heterocycles. The molecule has 0 spiro atoms. The molecule has 0 radical (unpaired) electrons. The topological polar surface area (TPSA) is 17.1 Å². The lowest BCUT2D eigenvalue weighted by Crippen LogP contribution is -2.37. The van der Waals surface area contributed by atoms with Gasteiger partial charge in [-0.2, -0.15) is 0 Å². The third kappa shape index (κ3) is 3.21. The van der Waals surface area contributed by atoms with Gasteiger partial charge in [-0.1, -0.05) is 78.9 Å². The van der Waals surface area contributed by atoms with Gasteiger partial charge in [0.25, 0.3) is 0 Å². The van der Waals surface area contributed by atoms with Gasteiger partial charge >= 0.3 is 0 Å². The van der Waals surface area contributed by atoms with Crippen molar-refractivity contribution in [2.75, 3.05) is 0 Å². The Morgan fingerprint density at radius 1 is 0.789 bits per heavy atom. The Kier molecular flexibility index (Phi) is 3.72. The van der Waals surface area contributed by atoms with Gasteiger partial charge in [-0.15, -0.1) is 0 Å². The van der Waals surface area contributed by atoms with Crippen LogP contribution in [0.1, 0.15) is 21.5 Å². The molecule has 0 fully saturated rings. The molecule has 2 aromatic carbocycles. The summed E-state index contributed by atoms with van der Waals surface area (Å²) >= 11 is 0. The number of hydrogen-bond acceptors (Lipinski definition) is 1. The van der Waals surface area contributed by atoms with Gasteiger partial charge in [0.05, 0.1) is 8.07 Å². The van der Waals surface area contributed by atoms with Gasteiger partial charge in [0.1, 0.15) is 0 Å². The fraction of sp³-hybridized carbons (Fsp3) is 0.235. The number of carbonyl (C=O) groups excluding carboxylic acids is 1. The first kappa shape index (κ1) is 13.8. The summed E-state index contributed by atoms with van der Waals surface area (Å²) in [6.45, 7) is 8.95. The van der Waals surface area contributed by atoms with Crippen LogP contribution >= 0.6 is 0 Å². The minimum atomic E-state index is -1.29. The van der Waals surface area contributed by atoms with Gasteiger partial charge < -0.3 is 0 Å². The number of carbonyl (C=O) groups is 1. The number of benzene rings is 2. The first-order valence-corrected chi connectivity index (χ1v) is 10.1. The zero-order chi connectivity index (χ0) is 14.0. The van der Waals surface area contributed by atoms with Gasteiger partial charge in [0.2, 0.25) is 0 Å². The summed E-state index contributed by atoms with van der Waals surface area (Å²) in [6, 6.07) is 15.9. The lowest BCUT2D eigenvalue weighted by Gasteiger charge is -2.16. The Morgan fingerprint density at radius 2 is 1.21 bits per heavy atom. The Labute approximate surface area is 116 Å². The summed E-state index contributed by atoms with van der Waals surface area (Å²) < 4.78 is 0. The maximum atomic E-state index is 12.3. The van der Waals surface area contributed by atoms with Crippen molar-refractivity contribution in [2.45, 2.75) is 26.6 Å². The van der Waals surface area contributed by atoms with E-state index in [0.29, 0.717) is 0 Å². The van der Waals surface area contributed by atoms with Crippen LogP contribution in [0, 0.1) is 6.92 Å². The van der Waals surface area contributed by atoms with Crippen molar-refractivity contribution in [1.29, 1.82) is 0 Å². The van der Waals surface area contributed by atoms with Crippen molar-refractivity contribution in [1.82, 2.24) is 0 Å². The monoisotopic (exact) mass is 268 g/mol. The molecule has 0 bridgehead atoms. The van der Waals surface area contributed by atoms with Crippen LogP contribution in [0.4, 0.5) is 0 Å². The van der Waals surface area contributed by atoms with E-state index in [1.807, 2.05) is 43.3 Å². The molecule has 2 aromatic rings. The predicted octanol–water partition coefficient (Wildman–Crippen LogP) is 3.77. The summed E-state index contributed by atoms with van der Waals surface area (Å²) in [4.78, 5) is 12.3. The SMILES string of the molecule is Cc1ccc(C(=O)c2ccc([Si](C)(C)C)cc2)cc1. The van der Waals surface area contributed by atoms with Crippen molar-refractivity contribution in [3.8, 4) is 0 Å². The second-order valence-electron chi connectivity index (χ2n) is 6.02. The van der Waals surface area contributed by atoms with Crippen molar-refractivity contribution >= 4 is 19.0 Å². The first-order chi connectivity index (χ1) is 8.88. The van der Waals surface area contributed by atoms with Crippen LogP contribution in [0.2, 0.25) is 19.6 Å². The number of hydrogen-bond donors (Lipinski definition) is 0. The summed E-state index contributed by atoms with van der Waals surface area (Å²) in [5.74, 6) is 0.0992. The van der Waals surface area contributed by atoms with Crippen molar-refractivity contribution in [3.05, 3.63) is 65.2 Å². The molecule has 0 N–H and O–H groups in total. The van der Waals surface area contributed by atoms with Crippen molar-refractivity contribution < 1.29 is 4.79 Å². The van der Waals surface area contributed by atoms with E-state index in [1.54, 1.807) is 0 Å². The fourth-order valence-corrected chi connectivity index (χ4v) is 3.16. The van der Waals surface area contributed by atoms with Crippen molar-refractivity contribution in [2.24, 2.45) is 0 Å². The van der Waals surface area contributed by atoms with E-state index in [-0.39, 0.29) is 5.78 Å². The maximum absolute atomic E-state index is 12.3. The highest BCUT2D eigenvalue weighted by Crippen LogP contribution is 2.11. The Hall–Kier alpha value is -1.67. The highest BCUT2D eigenvalue weighted by atomic mass is 28.3. The van der Waals surface area contributed by atoms with Gasteiger partial charge in [-0.05, 0) is 6.92 Å². The van der Waals surface area contributed by atoms with E-state index in [9.17, 15) is 4.79 Å². The molecular weight excluding hydrogens is 248 g/mol. The quantitative estimate of drug-likeness (QED) is 0.612. The van der Waals surface area contributed by atoms with E-state index in [2.05, 4.69) is 31.8 Å². The number of aryl methyl sites for hydroxylation is 1. The third-order valence-electron chi connectivity index (χ3n) is 3.33. The Balaban J connectivity index is 2.27. The Morgan fingerprint density at radius 3 is 1.63 bits per heavy atom. The molecule has 0 unspecified atom stereocenters. The molecule has 1 nitrogen and oxygen atoms in total. The molecule has 2 rings (SSSR count). The largest absolute Gasteiger partial charge is 0.289 e. The molecule has 0 atom stereocenters. The van der Waals surface area contributed by atoms with Crippen LogP contribution in [-0.4, -0.2) is 13.9 Å². The lowest BCUT2D eigenvalue weighted by atomic mass is 10.0. The molecule has 0 aliphatic carbocycles. The summed E-state index contributed by atoms with van der Waals surface area (Å²) in [6.07, 6.45) is 0. The van der Waals surface area contributed by atoms with E-state index in [1.165, 1.54) is 10.8 Å². The van der Waals surface area contributed by atoms with Crippen LogP contribution in [0.15, 0.2) is 48.5 Å². The summed E-state index contributed by atoms with van der Waals surface area (Å²) in [7, 11) is -1.29. The molecule has 0 saturated heterocycles. The maximum Gasteiger partial charge on any atom is 0.193 e. The minimum absolute atomic E-state index is 0.0992. The van der Waals surface area contributed by atoms with Crippen LogP contribution in [0.3, 0.4) is 0 Å². The lowest BCUT2D eigenvalue weighted by molar-refractivity contribution is 0.103. The van der Waals surface area contributed by atoms with Gasteiger partial charge in [-0.25, -0.2) is 0 Å². The Bertz CT molecular complexity index is 574. The van der Waals surface area contributed by atoms with E-state index in [0.717, 1.165) is 11.1 Å². The van der Waals surface area contributed by atoms with E-state index in [4.69, 9.17) is 0 Å². The molecule has 0 heterocycles. The molecule has 2 heteroatoms. The summed E-state index contributed by atoms with van der Waals surface area (Å²) in [5, 5.41) is 1.38. The highest BCUT2D eigenvalue weighted by Gasteiger charge is 2.16. The molecule has 98 valence electrons. The molecule has 0 amide bonds. The fourth-order valence-electron chi connectivity index (χ4n) is 1.99. The molecule has 0 aliphatic rings. The van der Waals surface area contributed by atoms with Crippen LogP contribution in [0.5, 0.6) is 0 Å². The van der Waals surface area contributed by atoms with Gasteiger partial charge in [0, 0.05) is 11.1 Å². The summed E-state index contributed by atoms with van der Waals surface area (Å²) in [5.41, 5.74) is 2.70. The molecule has 19 heavy (non-hydrogen) atoms. The zero-order valence-electron chi connectivity index (χ0n) is 12.0. The van der Waals surface area contributed by atoms with Crippen LogP contribution < -0.4 is 5.19 Å². The second kappa shape index (κ2) is 5.14. The van der Waals surface area contributed by atoms with E-state index < -0.39 is 8.07 Å². The van der Waals surface area contributed by atoms with Gasteiger partial charge in [0.15, 0.2) is 5.78 Å². The zero-order valence-corrected chi connectivity index (χ0v) is 13.0. The van der Waals surface area contributed by atoms with Crippen molar-refractivity contribution in [3.63, 3.8) is 0 Å². The number of rotatable bonds is 3. The van der Waals surface area contributed by atoms with Crippen LogP contribution in [-0.2, 0) is 0 Å². The minimum Gasteiger partial charge on any atom is -0.289 e. The van der Waals surface area contributed by atoms with E-state index >= 15 is 0 Å².